The van der Waals surface area contributed by atoms with E-state index in [1.165, 1.54) is 0 Å². The van der Waals surface area contributed by atoms with Crippen molar-refractivity contribution in [1.29, 1.82) is 0 Å². The van der Waals surface area contributed by atoms with Gasteiger partial charge < -0.3 is 10.0 Å². The van der Waals surface area contributed by atoms with Crippen LogP contribution < -0.4 is 0 Å². The maximum absolute atomic E-state index is 12.8. The van der Waals surface area contributed by atoms with E-state index in [4.69, 9.17) is 0 Å². The summed E-state index contributed by atoms with van der Waals surface area (Å²) in [6, 6.07) is 9.64. The first kappa shape index (κ1) is 14.0. The molecule has 1 saturated heterocycles. The third-order valence-electron chi connectivity index (χ3n) is 4.01. The molecule has 1 fully saturated rings. The van der Waals surface area contributed by atoms with Gasteiger partial charge in [0, 0.05) is 24.2 Å². The first-order valence-corrected chi connectivity index (χ1v) is 7.43. The van der Waals surface area contributed by atoms with E-state index in [0.717, 1.165) is 16.6 Å². The van der Waals surface area contributed by atoms with Crippen LogP contribution in [0.3, 0.4) is 0 Å². The Bertz CT molecular complexity index is 682. The Kier molecular flexibility index (Phi) is 3.64. The predicted molar refractivity (Wildman–Crippen MR) is 82.4 cm³/mol. The summed E-state index contributed by atoms with van der Waals surface area (Å²) in [6.07, 6.45) is 0.262. The maximum Gasteiger partial charge on any atom is 0.254 e. The molecule has 110 valence electrons. The van der Waals surface area contributed by atoms with Crippen LogP contribution in [-0.4, -0.2) is 40.1 Å². The molecule has 0 bridgehead atoms. The van der Waals surface area contributed by atoms with Crippen LogP contribution in [-0.2, 0) is 0 Å². The number of aliphatic hydroxyl groups excluding tert-OH is 1. The largest absolute Gasteiger partial charge is 0.391 e. The van der Waals surface area contributed by atoms with Crippen molar-refractivity contribution in [1.82, 2.24) is 9.88 Å². The molecule has 4 nitrogen and oxygen atoms in total. The smallest absolute Gasteiger partial charge is 0.254 e. The molecular weight excluding hydrogens is 264 g/mol. The number of para-hydroxylation sites is 1. The van der Waals surface area contributed by atoms with Crippen LogP contribution in [0, 0.1) is 0 Å². The fraction of sp³-hybridized carbons (Fsp3) is 0.412. The summed E-state index contributed by atoms with van der Waals surface area (Å²) >= 11 is 0. The summed E-state index contributed by atoms with van der Waals surface area (Å²) in [7, 11) is 0. The van der Waals surface area contributed by atoms with E-state index >= 15 is 0 Å². The molecule has 1 aliphatic heterocycles. The number of aromatic nitrogens is 1. The number of fused-ring (bicyclic) bond motifs is 1. The number of hydrogen-bond donors (Lipinski definition) is 1. The van der Waals surface area contributed by atoms with Crippen LogP contribution in [0.4, 0.5) is 0 Å². The fourth-order valence-electron chi connectivity index (χ4n) is 2.77. The van der Waals surface area contributed by atoms with E-state index in [1.807, 2.05) is 30.3 Å². The number of likely N-dealkylation sites (tertiary alicyclic amines) is 1. The molecule has 1 atom stereocenters. The molecule has 2 aromatic rings. The molecule has 0 unspecified atom stereocenters. The Hall–Kier alpha value is -1.94. The fourth-order valence-corrected chi connectivity index (χ4v) is 2.77. The van der Waals surface area contributed by atoms with Crippen molar-refractivity contribution in [2.45, 2.75) is 32.3 Å². The molecule has 1 aliphatic rings. The number of amides is 1. The van der Waals surface area contributed by atoms with Crippen molar-refractivity contribution in [2.24, 2.45) is 0 Å². The number of β-amino-alcohol motifs (C(OH)–C–C–N with tert-alkyl or cyclic N) is 1. The van der Waals surface area contributed by atoms with Gasteiger partial charge in [0.25, 0.3) is 5.91 Å². The number of aliphatic hydroxyl groups is 1. The number of rotatable bonds is 2. The summed E-state index contributed by atoms with van der Waals surface area (Å²) in [4.78, 5) is 19.1. The lowest BCUT2D eigenvalue weighted by Crippen LogP contribution is -2.29. The second kappa shape index (κ2) is 5.45. The first-order chi connectivity index (χ1) is 10.1. The zero-order valence-corrected chi connectivity index (χ0v) is 12.4. The van der Waals surface area contributed by atoms with Gasteiger partial charge in [0.1, 0.15) is 0 Å². The molecule has 1 N–H and O–H groups in total. The van der Waals surface area contributed by atoms with E-state index < -0.39 is 6.10 Å². The zero-order chi connectivity index (χ0) is 15.0. The van der Waals surface area contributed by atoms with Crippen LogP contribution in [0.15, 0.2) is 30.3 Å². The lowest BCUT2D eigenvalue weighted by Gasteiger charge is -2.18. The molecule has 0 saturated carbocycles. The van der Waals surface area contributed by atoms with E-state index in [1.54, 1.807) is 4.90 Å². The van der Waals surface area contributed by atoms with Crippen molar-refractivity contribution in [3.63, 3.8) is 0 Å². The van der Waals surface area contributed by atoms with Crippen LogP contribution in [0.25, 0.3) is 10.9 Å². The minimum Gasteiger partial charge on any atom is -0.391 e. The molecule has 2 heterocycles. The van der Waals surface area contributed by atoms with E-state index in [-0.39, 0.29) is 11.8 Å². The minimum atomic E-state index is -0.397. The Morgan fingerprint density at radius 1 is 1.38 bits per heavy atom. The SMILES string of the molecule is CC(C)c1cc(C(=O)N2CC[C@H](O)C2)c2ccccc2n1. The van der Waals surface area contributed by atoms with E-state index in [9.17, 15) is 9.90 Å². The Labute approximate surface area is 124 Å². The van der Waals surface area contributed by atoms with Crippen molar-refractivity contribution in [3.05, 3.63) is 41.6 Å². The maximum atomic E-state index is 12.8. The van der Waals surface area contributed by atoms with Crippen LogP contribution in [0.5, 0.6) is 0 Å². The van der Waals surface area contributed by atoms with Gasteiger partial charge in [-0.1, -0.05) is 32.0 Å². The third kappa shape index (κ3) is 2.63. The molecule has 1 aromatic heterocycles. The average Bonchev–Trinajstić information content (AvgIpc) is 2.92. The zero-order valence-electron chi connectivity index (χ0n) is 12.4. The number of carbonyl (C=O) groups excluding carboxylic acids is 1. The summed E-state index contributed by atoms with van der Waals surface area (Å²) in [6.45, 7) is 5.19. The van der Waals surface area contributed by atoms with Crippen LogP contribution >= 0.6 is 0 Å². The first-order valence-electron chi connectivity index (χ1n) is 7.43. The second-order valence-electron chi connectivity index (χ2n) is 5.96. The Morgan fingerprint density at radius 3 is 2.81 bits per heavy atom. The van der Waals surface area contributed by atoms with Gasteiger partial charge in [0.05, 0.1) is 17.2 Å². The molecular formula is C17H20N2O2. The average molecular weight is 284 g/mol. The Balaban J connectivity index is 2.09. The number of benzene rings is 1. The van der Waals surface area contributed by atoms with Gasteiger partial charge in [-0.2, -0.15) is 0 Å². The molecule has 1 aromatic carbocycles. The van der Waals surface area contributed by atoms with Crippen molar-refractivity contribution in [3.8, 4) is 0 Å². The summed E-state index contributed by atoms with van der Waals surface area (Å²) in [5.41, 5.74) is 2.47. The topological polar surface area (TPSA) is 53.4 Å². The van der Waals surface area contributed by atoms with Gasteiger partial charge in [-0.05, 0) is 24.5 Å². The Morgan fingerprint density at radius 2 is 2.14 bits per heavy atom. The lowest BCUT2D eigenvalue weighted by atomic mass is 10.0. The molecule has 3 rings (SSSR count). The molecule has 0 aliphatic carbocycles. The molecule has 0 radical (unpaired) electrons. The summed E-state index contributed by atoms with van der Waals surface area (Å²) in [5.74, 6) is 0.261. The van der Waals surface area contributed by atoms with Gasteiger partial charge in [0.15, 0.2) is 0 Å². The van der Waals surface area contributed by atoms with E-state index in [0.29, 0.717) is 25.1 Å². The minimum absolute atomic E-state index is 0.00736. The van der Waals surface area contributed by atoms with Crippen LogP contribution in [0.1, 0.15) is 42.2 Å². The molecule has 1 amide bonds. The summed E-state index contributed by atoms with van der Waals surface area (Å²) in [5, 5.41) is 10.5. The highest BCUT2D eigenvalue weighted by molar-refractivity contribution is 6.06. The third-order valence-corrected chi connectivity index (χ3v) is 4.01. The predicted octanol–water partition coefficient (Wildman–Crippen LogP) is 2.57. The number of nitrogens with zero attached hydrogens (tertiary/aromatic N) is 2. The van der Waals surface area contributed by atoms with Gasteiger partial charge in [0.2, 0.25) is 0 Å². The highest BCUT2D eigenvalue weighted by Gasteiger charge is 2.27. The highest BCUT2D eigenvalue weighted by Crippen LogP contribution is 2.24. The normalized spacial score (nSPS) is 18.7. The summed E-state index contributed by atoms with van der Waals surface area (Å²) < 4.78 is 0. The van der Waals surface area contributed by atoms with Crippen molar-refractivity contribution < 1.29 is 9.90 Å². The highest BCUT2D eigenvalue weighted by atomic mass is 16.3. The van der Waals surface area contributed by atoms with Gasteiger partial charge >= 0.3 is 0 Å². The monoisotopic (exact) mass is 284 g/mol. The molecule has 0 spiro atoms. The quantitative estimate of drug-likeness (QED) is 0.922. The van der Waals surface area contributed by atoms with Crippen molar-refractivity contribution in [2.75, 3.05) is 13.1 Å². The molecule has 4 heteroatoms. The van der Waals surface area contributed by atoms with Crippen molar-refractivity contribution >= 4 is 16.8 Å². The van der Waals surface area contributed by atoms with Gasteiger partial charge in [-0.15, -0.1) is 0 Å². The van der Waals surface area contributed by atoms with Gasteiger partial charge in [-0.25, -0.2) is 0 Å². The van der Waals surface area contributed by atoms with E-state index in [2.05, 4.69) is 18.8 Å². The molecule has 21 heavy (non-hydrogen) atoms. The van der Waals surface area contributed by atoms with Crippen LogP contribution in [0.2, 0.25) is 0 Å². The standard InChI is InChI=1S/C17H20N2O2/c1-11(2)16-9-14(13-5-3-4-6-15(13)18-16)17(21)19-8-7-12(20)10-19/h3-6,9,11-12,20H,7-8,10H2,1-2H3/t12-/m0/s1. The lowest BCUT2D eigenvalue weighted by molar-refractivity contribution is 0.0766. The number of carbonyl (C=O) groups is 1. The number of pyridine rings is 1. The second-order valence-corrected chi connectivity index (χ2v) is 5.96. The van der Waals surface area contributed by atoms with Gasteiger partial charge in [-0.3, -0.25) is 9.78 Å². The number of hydrogen-bond acceptors (Lipinski definition) is 3.